The van der Waals surface area contributed by atoms with E-state index in [2.05, 4.69) is 9.72 Å². The molecule has 1 heterocycles. The molecule has 0 fully saturated rings. The molecule has 0 bridgehead atoms. The second-order valence-electron chi connectivity index (χ2n) is 3.11. The lowest BCUT2D eigenvalue weighted by Crippen LogP contribution is -2.16. The van der Waals surface area contributed by atoms with Gasteiger partial charge in [-0.05, 0) is 24.5 Å². The lowest BCUT2D eigenvalue weighted by Gasteiger charge is -2.08. The van der Waals surface area contributed by atoms with Crippen molar-refractivity contribution in [2.24, 2.45) is 0 Å². The number of aromatic nitrogens is 1. The molecule has 0 aliphatic rings. The van der Waals surface area contributed by atoms with Gasteiger partial charge in [0.05, 0.1) is 0 Å². The van der Waals surface area contributed by atoms with Crippen molar-refractivity contribution in [3.8, 4) is 5.75 Å². The van der Waals surface area contributed by atoms with Gasteiger partial charge < -0.3 is 9.72 Å². The predicted molar refractivity (Wildman–Crippen MR) is 56.8 cm³/mol. The average molecular weight is 247 g/mol. The highest BCUT2D eigenvalue weighted by Crippen LogP contribution is 2.31. The zero-order valence-electron chi connectivity index (χ0n) is 8.26. The first-order chi connectivity index (χ1) is 7.49. The van der Waals surface area contributed by atoms with Crippen LogP contribution in [-0.2, 0) is 0 Å². The number of hydrogen-bond acceptors (Lipinski definition) is 2. The molecule has 1 aromatic heterocycles. The molecule has 0 aliphatic carbocycles. The van der Waals surface area contributed by atoms with Crippen LogP contribution in [-0.4, -0.2) is 17.6 Å². The first-order valence-electron chi connectivity index (χ1n) is 4.40. The fourth-order valence-electron chi connectivity index (χ4n) is 1.44. The molecule has 1 N–H and O–H groups in total. The fourth-order valence-corrected chi connectivity index (χ4v) is 2.01. The molecule has 0 radical (unpaired) electrons. The summed E-state index contributed by atoms with van der Waals surface area (Å²) in [6.45, 7) is 0. The third kappa shape index (κ3) is 2.27. The largest absolute Gasteiger partial charge is 0.573 e. The lowest BCUT2D eigenvalue weighted by atomic mass is 10.2. The van der Waals surface area contributed by atoms with Crippen molar-refractivity contribution in [2.75, 3.05) is 6.26 Å². The Hall–Kier alpha value is -1.30. The fraction of sp³-hybridized carbons (Fsp3) is 0.200. The monoisotopic (exact) mass is 247 g/mol. The van der Waals surface area contributed by atoms with Crippen molar-refractivity contribution in [1.29, 1.82) is 0 Å². The van der Waals surface area contributed by atoms with Gasteiger partial charge >= 0.3 is 6.36 Å². The van der Waals surface area contributed by atoms with Crippen LogP contribution in [0.15, 0.2) is 29.3 Å². The number of aromatic amines is 1. The number of fused-ring (bicyclic) bond motifs is 1. The highest BCUT2D eigenvalue weighted by atomic mass is 32.2. The smallest absolute Gasteiger partial charge is 0.406 e. The minimum absolute atomic E-state index is 0.199. The average Bonchev–Trinajstić information content (AvgIpc) is 2.57. The van der Waals surface area contributed by atoms with E-state index in [0.29, 0.717) is 0 Å². The summed E-state index contributed by atoms with van der Waals surface area (Å²) in [5.74, 6) is -0.199. The topological polar surface area (TPSA) is 25.0 Å². The van der Waals surface area contributed by atoms with Gasteiger partial charge in [-0.2, -0.15) is 0 Å². The molecule has 1 aromatic carbocycles. The van der Waals surface area contributed by atoms with Crippen molar-refractivity contribution >= 4 is 22.7 Å². The molecule has 0 unspecified atom stereocenters. The van der Waals surface area contributed by atoms with Gasteiger partial charge in [0.15, 0.2) is 0 Å². The molecule has 86 valence electrons. The summed E-state index contributed by atoms with van der Waals surface area (Å²) >= 11 is 1.46. The van der Waals surface area contributed by atoms with E-state index in [-0.39, 0.29) is 5.75 Å². The van der Waals surface area contributed by atoms with E-state index in [1.165, 1.54) is 23.9 Å². The van der Waals surface area contributed by atoms with Crippen LogP contribution >= 0.6 is 11.8 Å². The summed E-state index contributed by atoms with van der Waals surface area (Å²) in [5.41, 5.74) is 0.791. The van der Waals surface area contributed by atoms with Crippen molar-refractivity contribution in [3.63, 3.8) is 0 Å². The number of alkyl halides is 3. The molecule has 2 aromatic rings. The Bertz CT molecular complexity index is 506. The summed E-state index contributed by atoms with van der Waals surface area (Å²) in [7, 11) is 0. The molecule has 0 spiro atoms. The van der Waals surface area contributed by atoms with Gasteiger partial charge in [-0.3, -0.25) is 0 Å². The van der Waals surface area contributed by atoms with E-state index in [1.54, 1.807) is 12.3 Å². The van der Waals surface area contributed by atoms with Crippen molar-refractivity contribution in [3.05, 3.63) is 24.4 Å². The molecule has 16 heavy (non-hydrogen) atoms. The van der Waals surface area contributed by atoms with E-state index in [4.69, 9.17) is 0 Å². The second kappa shape index (κ2) is 3.93. The number of thioether (sulfide) groups is 1. The molecular weight excluding hydrogens is 239 g/mol. The number of ether oxygens (including phenoxy) is 1. The van der Waals surface area contributed by atoms with Gasteiger partial charge in [-0.25, -0.2) is 0 Å². The van der Waals surface area contributed by atoms with Crippen molar-refractivity contribution < 1.29 is 17.9 Å². The molecule has 0 saturated carbocycles. The molecule has 6 heteroatoms. The number of hydrogen-bond donors (Lipinski definition) is 1. The Morgan fingerprint density at radius 3 is 2.69 bits per heavy atom. The minimum Gasteiger partial charge on any atom is -0.406 e. The summed E-state index contributed by atoms with van der Waals surface area (Å²) in [6, 6.07) is 4.23. The SMILES string of the molecule is CSc1c[nH]c2ccc(OC(F)(F)F)cc12. The van der Waals surface area contributed by atoms with E-state index >= 15 is 0 Å². The van der Waals surface area contributed by atoms with Gasteiger partial charge in [-0.1, -0.05) is 0 Å². The van der Waals surface area contributed by atoms with E-state index in [9.17, 15) is 13.2 Å². The number of rotatable bonds is 2. The zero-order chi connectivity index (χ0) is 11.8. The maximum Gasteiger partial charge on any atom is 0.573 e. The van der Waals surface area contributed by atoms with Crippen LogP contribution < -0.4 is 4.74 Å². The number of halogens is 3. The van der Waals surface area contributed by atoms with E-state index in [1.807, 2.05) is 6.26 Å². The van der Waals surface area contributed by atoms with Gasteiger partial charge in [0.1, 0.15) is 5.75 Å². The van der Waals surface area contributed by atoms with E-state index < -0.39 is 6.36 Å². The maximum atomic E-state index is 12.0. The van der Waals surface area contributed by atoms with E-state index in [0.717, 1.165) is 15.8 Å². The van der Waals surface area contributed by atoms with Crippen LogP contribution in [0.4, 0.5) is 13.2 Å². The van der Waals surface area contributed by atoms with Gasteiger partial charge in [0, 0.05) is 22.0 Å². The first-order valence-corrected chi connectivity index (χ1v) is 5.63. The minimum atomic E-state index is -4.65. The van der Waals surface area contributed by atoms with Gasteiger partial charge in [0.2, 0.25) is 0 Å². The molecule has 0 amide bonds. The Labute approximate surface area is 93.8 Å². The Kier molecular flexibility index (Phi) is 2.75. The van der Waals surface area contributed by atoms with Crippen LogP contribution in [0, 0.1) is 0 Å². The third-order valence-electron chi connectivity index (χ3n) is 2.07. The zero-order valence-corrected chi connectivity index (χ0v) is 9.08. The highest BCUT2D eigenvalue weighted by Gasteiger charge is 2.31. The molecule has 2 rings (SSSR count). The van der Waals surface area contributed by atoms with Gasteiger partial charge in [-0.15, -0.1) is 24.9 Å². The predicted octanol–water partition coefficient (Wildman–Crippen LogP) is 3.79. The summed E-state index contributed by atoms with van der Waals surface area (Å²) in [6.07, 6.45) is -1.03. The Morgan fingerprint density at radius 2 is 2.06 bits per heavy atom. The van der Waals surface area contributed by atoms with Gasteiger partial charge in [0.25, 0.3) is 0 Å². The van der Waals surface area contributed by atoms with Crippen LogP contribution in [0.1, 0.15) is 0 Å². The van der Waals surface area contributed by atoms with Crippen LogP contribution in [0.3, 0.4) is 0 Å². The number of benzene rings is 1. The Balaban J connectivity index is 2.42. The number of H-pyrrole nitrogens is 1. The maximum absolute atomic E-state index is 12.0. The standard InChI is InChI=1S/C10H8F3NOS/c1-16-9-5-14-8-3-2-6(4-7(8)9)15-10(11,12)13/h2-5,14H,1H3. The first kappa shape index (κ1) is 11.2. The van der Waals surface area contributed by atoms with Crippen LogP contribution in [0.5, 0.6) is 5.75 Å². The lowest BCUT2D eigenvalue weighted by molar-refractivity contribution is -0.274. The quantitative estimate of drug-likeness (QED) is 0.817. The molecule has 0 saturated heterocycles. The Morgan fingerprint density at radius 1 is 1.31 bits per heavy atom. The van der Waals surface area contributed by atoms with Crippen LogP contribution in [0.25, 0.3) is 10.9 Å². The van der Waals surface area contributed by atoms with Crippen molar-refractivity contribution in [1.82, 2.24) is 4.98 Å². The normalized spacial score (nSPS) is 12.0. The highest BCUT2D eigenvalue weighted by molar-refractivity contribution is 7.98. The number of nitrogens with one attached hydrogen (secondary N) is 1. The molecule has 0 atom stereocenters. The molecule has 0 aliphatic heterocycles. The second-order valence-corrected chi connectivity index (χ2v) is 3.96. The summed E-state index contributed by atoms with van der Waals surface area (Å²) in [4.78, 5) is 3.86. The molecular formula is C10H8F3NOS. The summed E-state index contributed by atoms with van der Waals surface area (Å²) < 4.78 is 39.9. The van der Waals surface area contributed by atoms with Crippen molar-refractivity contribution in [2.45, 2.75) is 11.3 Å². The third-order valence-corrected chi connectivity index (χ3v) is 2.85. The molecule has 2 nitrogen and oxygen atoms in total. The van der Waals surface area contributed by atoms with Crippen LogP contribution in [0.2, 0.25) is 0 Å². The summed E-state index contributed by atoms with van der Waals surface area (Å²) in [5, 5.41) is 0.731.